The van der Waals surface area contributed by atoms with Gasteiger partial charge in [0, 0.05) is 24.5 Å². The van der Waals surface area contributed by atoms with Gasteiger partial charge < -0.3 is 0 Å². The lowest BCUT2D eigenvalue weighted by molar-refractivity contribution is 0.129. The molecule has 1 unspecified atom stereocenters. The van der Waals surface area contributed by atoms with Crippen molar-refractivity contribution in [3.8, 4) is 0 Å². The summed E-state index contributed by atoms with van der Waals surface area (Å²) in [5.41, 5.74) is 2.47. The van der Waals surface area contributed by atoms with E-state index in [2.05, 4.69) is 47.5 Å². The Morgan fingerprint density at radius 1 is 1.38 bits per heavy atom. The molecule has 0 spiro atoms. The minimum atomic E-state index is 0.732. The van der Waals surface area contributed by atoms with Gasteiger partial charge in [-0.25, -0.2) is 0 Å². The van der Waals surface area contributed by atoms with E-state index in [9.17, 15) is 0 Å². The van der Waals surface area contributed by atoms with E-state index in [4.69, 9.17) is 0 Å². The largest absolute Gasteiger partial charge is 0.295 e. The van der Waals surface area contributed by atoms with Crippen LogP contribution in [0.25, 0.3) is 0 Å². The third-order valence-electron chi connectivity index (χ3n) is 4.52. The molecule has 4 heteroatoms. The van der Waals surface area contributed by atoms with Crippen LogP contribution in [0.2, 0.25) is 0 Å². The van der Waals surface area contributed by atoms with Crippen molar-refractivity contribution in [3.05, 3.63) is 39.8 Å². The zero-order valence-corrected chi connectivity index (χ0v) is 13.9. The number of hydrogen-bond donors (Lipinski definition) is 0. The van der Waals surface area contributed by atoms with Crippen LogP contribution < -0.4 is 0 Å². The molecule has 0 amide bonds. The average molecular weight is 303 g/mol. The quantitative estimate of drug-likeness (QED) is 0.838. The first-order valence-electron chi connectivity index (χ1n) is 7.98. The number of piperidine rings is 1. The van der Waals surface area contributed by atoms with E-state index in [0.29, 0.717) is 0 Å². The van der Waals surface area contributed by atoms with Gasteiger partial charge in [0.1, 0.15) is 0 Å². The molecule has 0 aliphatic carbocycles. The van der Waals surface area contributed by atoms with Crippen LogP contribution in [0.15, 0.2) is 23.6 Å². The number of aromatic nitrogens is 2. The zero-order chi connectivity index (χ0) is 14.7. The molecular weight excluding hydrogens is 278 g/mol. The highest BCUT2D eigenvalue weighted by Crippen LogP contribution is 2.24. The third kappa shape index (κ3) is 3.74. The fraction of sp³-hybridized carbons (Fsp3) is 0.588. The van der Waals surface area contributed by atoms with E-state index in [1.54, 1.807) is 0 Å². The first-order valence-corrected chi connectivity index (χ1v) is 8.86. The highest BCUT2D eigenvalue weighted by atomic mass is 32.1. The predicted octanol–water partition coefficient (Wildman–Crippen LogP) is 3.78. The molecule has 0 saturated carbocycles. The predicted molar refractivity (Wildman–Crippen MR) is 88.6 cm³/mol. The maximum absolute atomic E-state index is 4.48. The van der Waals surface area contributed by atoms with Crippen molar-refractivity contribution < 1.29 is 0 Å². The Hall–Kier alpha value is -1.13. The fourth-order valence-corrected chi connectivity index (χ4v) is 4.10. The first-order chi connectivity index (χ1) is 10.2. The molecule has 1 aliphatic heterocycles. The van der Waals surface area contributed by atoms with Crippen LogP contribution in [0.4, 0.5) is 0 Å². The monoisotopic (exact) mass is 303 g/mol. The summed E-state index contributed by atoms with van der Waals surface area (Å²) in [5, 5.41) is 6.67. The molecule has 0 aromatic carbocycles. The minimum Gasteiger partial charge on any atom is -0.295 e. The molecule has 2 aromatic heterocycles. The van der Waals surface area contributed by atoms with Crippen molar-refractivity contribution in [1.29, 1.82) is 0 Å². The number of aryl methyl sites for hydroxylation is 3. The smallest absolute Gasteiger partial charge is 0.0597 e. The van der Waals surface area contributed by atoms with Gasteiger partial charge in [-0.15, -0.1) is 11.3 Å². The Morgan fingerprint density at radius 3 is 3.00 bits per heavy atom. The molecule has 1 atom stereocenters. The molecule has 0 radical (unpaired) electrons. The molecule has 0 N–H and O–H groups in total. The maximum Gasteiger partial charge on any atom is 0.0597 e. The molecule has 1 fully saturated rings. The van der Waals surface area contributed by atoms with Crippen LogP contribution >= 0.6 is 11.3 Å². The third-order valence-corrected chi connectivity index (χ3v) is 5.45. The number of nitrogens with zero attached hydrogens (tertiary/aromatic N) is 3. The van der Waals surface area contributed by atoms with E-state index in [-0.39, 0.29) is 0 Å². The minimum absolute atomic E-state index is 0.732. The summed E-state index contributed by atoms with van der Waals surface area (Å²) in [6, 6.07) is 7.39. The van der Waals surface area contributed by atoms with Gasteiger partial charge in [-0.2, -0.15) is 5.10 Å². The summed E-state index contributed by atoms with van der Waals surface area (Å²) < 4.78 is 2.04. The highest BCUT2D eigenvalue weighted by Gasteiger charge is 2.23. The second-order valence-corrected chi connectivity index (χ2v) is 7.17. The van der Waals surface area contributed by atoms with Crippen LogP contribution in [0, 0.1) is 6.92 Å². The summed E-state index contributed by atoms with van der Waals surface area (Å²) in [6.45, 7) is 4.36. The summed E-state index contributed by atoms with van der Waals surface area (Å²) in [4.78, 5) is 4.20. The highest BCUT2D eigenvalue weighted by molar-refractivity contribution is 7.09. The van der Waals surface area contributed by atoms with E-state index in [1.165, 1.54) is 49.2 Å². The lowest BCUT2D eigenvalue weighted by atomic mass is 9.97. The normalized spacial score (nSPS) is 20.0. The van der Waals surface area contributed by atoms with Gasteiger partial charge >= 0.3 is 0 Å². The molecule has 3 heterocycles. The first kappa shape index (κ1) is 14.8. The van der Waals surface area contributed by atoms with Gasteiger partial charge in [0.15, 0.2) is 0 Å². The fourth-order valence-electron chi connectivity index (χ4n) is 3.38. The Kier molecular flexibility index (Phi) is 4.76. The van der Waals surface area contributed by atoms with Gasteiger partial charge in [-0.1, -0.05) is 12.5 Å². The second-order valence-electron chi connectivity index (χ2n) is 6.14. The average Bonchev–Trinajstić information content (AvgIpc) is 3.08. The number of hydrogen-bond acceptors (Lipinski definition) is 3. The van der Waals surface area contributed by atoms with Crippen LogP contribution in [0.3, 0.4) is 0 Å². The van der Waals surface area contributed by atoms with Gasteiger partial charge in [-0.05, 0) is 56.7 Å². The molecule has 114 valence electrons. The molecule has 3 nitrogen and oxygen atoms in total. The Balaban J connectivity index is 1.62. The van der Waals surface area contributed by atoms with Crippen LogP contribution in [-0.4, -0.2) is 27.3 Å². The van der Waals surface area contributed by atoms with Gasteiger partial charge in [-0.3, -0.25) is 9.58 Å². The molecule has 2 aromatic rings. The van der Waals surface area contributed by atoms with E-state index < -0.39 is 0 Å². The standard InChI is InChI=1S/C17H25N3S/c1-14-12-16(19(2)18-14)13-20-10-4-3-6-15(20)8-9-17-7-5-11-21-17/h5,7,11-12,15H,3-4,6,8-10,13H2,1-2H3. The molecular formula is C17H25N3S. The van der Waals surface area contributed by atoms with Crippen molar-refractivity contribution in [2.45, 2.75) is 51.6 Å². The number of rotatable bonds is 5. The Labute approximate surface area is 131 Å². The van der Waals surface area contributed by atoms with E-state index in [1.807, 2.05) is 16.0 Å². The van der Waals surface area contributed by atoms with Crippen LogP contribution in [0.1, 0.15) is 41.9 Å². The van der Waals surface area contributed by atoms with Crippen LogP contribution in [-0.2, 0) is 20.0 Å². The molecule has 0 bridgehead atoms. The second kappa shape index (κ2) is 6.75. The van der Waals surface area contributed by atoms with E-state index >= 15 is 0 Å². The van der Waals surface area contributed by atoms with Gasteiger partial charge in [0.05, 0.1) is 11.4 Å². The van der Waals surface area contributed by atoms with Gasteiger partial charge in [0.2, 0.25) is 0 Å². The van der Waals surface area contributed by atoms with Crippen molar-refractivity contribution >= 4 is 11.3 Å². The number of thiophene rings is 1. The number of likely N-dealkylation sites (tertiary alicyclic amines) is 1. The SMILES string of the molecule is Cc1cc(CN2CCCCC2CCc2cccs2)n(C)n1. The van der Waals surface area contributed by atoms with Crippen molar-refractivity contribution in [2.24, 2.45) is 7.05 Å². The van der Waals surface area contributed by atoms with Gasteiger partial charge in [0.25, 0.3) is 0 Å². The summed E-state index contributed by atoms with van der Waals surface area (Å²) in [5.74, 6) is 0. The van der Waals surface area contributed by atoms with Crippen molar-refractivity contribution in [2.75, 3.05) is 6.54 Å². The van der Waals surface area contributed by atoms with E-state index in [0.717, 1.165) is 18.3 Å². The summed E-state index contributed by atoms with van der Waals surface area (Å²) in [7, 11) is 2.06. The molecule has 1 aliphatic rings. The van der Waals surface area contributed by atoms with Crippen LogP contribution in [0.5, 0.6) is 0 Å². The Morgan fingerprint density at radius 2 is 2.29 bits per heavy atom. The molecule has 3 rings (SSSR count). The Bertz CT molecular complexity index is 559. The topological polar surface area (TPSA) is 21.1 Å². The lowest BCUT2D eigenvalue weighted by Crippen LogP contribution is -2.39. The van der Waals surface area contributed by atoms with Crippen molar-refractivity contribution in [1.82, 2.24) is 14.7 Å². The van der Waals surface area contributed by atoms with Crippen molar-refractivity contribution in [3.63, 3.8) is 0 Å². The zero-order valence-electron chi connectivity index (χ0n) is 13.1. The maximum atomic E-state index is 4.48. The molecule has 1 saturated heterocycles. The summed E-state index contributed by atoms with van der Waals surface area (Å²) in [6.07, 6.45) is 6.59. The molecule has 21 heavy (non-hydrogen) atoms. The lowest BCUT2D eigenvalue weighted by Gasteiger charge is -2.35. The summed E-state index contributed by atoms with van der Waals surface area (Å²) >= 11 is 1.89.